The Morgan fingerprint density at radius 3 is 2.64 bits per heavy atom. The Labute approximate surface area is 197 Å². The first kappa shape index (κ1) is 23.4. The average molecular weight is 470 g/mol. The van der Waals surface area contributed by atoms with Crippen LogP contribution in [0.3, 0.4) is 0 Å². The molecular weight excluding hydrogens is 441 g/mol. The van der Waals surface area contributed by atoms with Crippen molar-refractivity contribution in [2.75, 3.05) is 43.9 Å². The zero-order valence-electron chi connectivity index (χ0n) is 18.9. The van der Waals surface area contributed by atoms with Gasteiger partial charge in [-0.2, -0.15) is 0 Å². The molecule has 1 saturated heterocycles. The largest absolute Gasteiger partial charge is 0.379 e. The predicted molar refractivity (Wildman–Crippen MR) is 128 cm³/mol. The Hall–Kier alpha value is -2.75. The molecule has 1 aliphatic rings. The highest BCUT2D eigenvalue weighted by Gasteiger charge is 2.18. The van der Waals surface area contributed by atoms with Crippen molar-refractivity contribution >= 4 is 23.4 Å². The van der Waals surface area contributed by atoms with Gasteiger partial charge in [-0.05, 0) is 55.3 Å². The lowest BCUT2D eigenvalue weighted by atomic mass is 10.1. The summed E-state index contributed by atoms with van der Waals surface area (Å²) < 4.78 is 20.9. The second-order valence-electron chi connectivity index (χ2n) is 8.00. The van der Waals surface area contributed by atoms with Gasteiger partial charge in [-0.15, -0.1) is 10.2 Å². The molecule has 0 atom stereocenters. The zero-order valence-corrected chi connectivity index (χ0v) is 19.7. The first-order valence-corrected chi connectivity index (χ1v) is 12.0. The summed E-state index contributed by atoms with van der Waals surface area (Å²) in [7, 11) is 0. The predicted octanol–water partition coefficient (Wildman–Crippen LogP) is 3.63. The first-order chi connectivity index (χ1) is 16.0. The van der Waals surface area contributed by atoms with Crippen molar-refractivity contribution in [3.63, 3.8) is 0 Å². The van der Waals surface area contributed by atoms with Gasteiger partial charge in [0.05, 0.1) is 19.0 Å². The maximum atomic E-state index is 13.5. The third-order valence-corrected chi connectivity index (χ3v) is 6.68. The van der Waals surface area contributed by atoms with E-state index in [4.69, 9.17) is 4.74 Å². The standard InChI is InChI=1S/C24H28FN5O2S/c1-17-4-3-5-21(18(17)2)26-23(31)16-33-24-28-27-22(10-11-29-12-14-32-15-13-29)30(24)20-8-6-19(25)7-9-20/h3-9H,10-16H2,1-2H3,(H,26,31). The molecule has 7 nitrogen and oxygen atoms in total. The fourth-order valence-electron chi connectivity index (χ4n) is 3.69. The van der Waals surface area contributed by atoms with Crippen LogP contribution in [-0.2, 0) is 16.0 Å². The fraction of sp³-hybridized carbons (Fsp3) is 0.375. The average Bonchev–Trinajstić information content (AvgIpc) is 3.23. The quantitative estimate of drug-likeness (QED) is 0.508. The third kappa shape index (κ3) is 5.98. The molecule has 1 aliphatic heterocycles. The van der Waals surface area contributed by atoms with Crippen LogP contribution in [0.4, 0.5) is 10.1 Å². The van der Waals surface area contributed by atoms with Crippen LogP contribution in [0, 0.1) is 19.7 Å². The summed E-state index contributed by atoms with van der Waals surface area (Å²) in [5.41, 5.74) is 3.76. The Kier molecular flexibility index (Phi) is 7.74. The van der Waals surface area contributed by atoms with Crippen molar-refractivity contribution in [2.45, 2.75) is 25.4 Å². The first-order valence-electron chi connectivity index (χ1n) is 11.0. The van der Waals surface area contributed by atoms with Crippen LogP contribution in [0.15, 0.2) is 47.6 Å². The van der Waals surface area contributed by atoms with Gasteiger partial charge < -0.3 is 10.1 Å². The maximum Gasteiger partial charge on any atom is 0.234 e. The highest BCUT2D eigenvalue weighted by Crippen LogP contribution is 2.24. The summed E-state index contributed by atoms with van der Waals surface area (Å²) in [4.78, 5) is 15.0. The topological polar surface area (TPSA) is 72.3 Å². The lowest BCUT2D eigenvalue weighted by Crippen LogP contribution is -2.37. The molecular formula is C24H28FN5O2S. The number of anilines is 1. The number of aromatic nitrogens is 3. The number of morpholine rings is 1. The van der Waals surface area contributed by atoms with E-state index in [9.17, 15) is 9.18 Å². The molecule has 1 fully saturated rings. The van der Waals surface area contributed by atoms with Crippen molar-refractivity contribution in [3.8, 4) is 5.69 Å². The molecule has 1 amide bonds. The summed E-state index contributed by atoms with van der Waals surface area (Å²) in [6, 6.07) is 12.1. The highest BCUT2D eigenvalue weighted by atomic mass is 32.2. The molecule has 1 N–H and O–H groups in total. The van der Waals surface area contributed by atoms with Crippen molar-refractivity contribution in [1.29, 1.82) is 0 Å². The van der Waals surface area contributed by atoms with Crippen LogP contribution in [0.1, 0.15) is 17.0 Å². The molecule has 1 aromatic heterocycles. The van der Waals surface area contributed by atoms with E-state index in [-0.39, 0.29) is 17.5 Å². The minimum absolute atomic E-state index is 0.114. The number of thioether (sulfide) groups is 1. The number of rotatable bonds is 8. The van der Waals surface area contributed by atoms with Crippen LogP contribution in [0.25, 0.3) is 5.69 Å². The molecule has 33 heavy (non-hydrogen) atoms. The van der Waals surface area contributed by atoms with E-state index in [0.29, 0.717) is 11.6 Å². The normalized spacial score (nSPS) is 14.4. The summed E-state index contributed by atoms with van der Waals surface area (Å²) in [5.74, 6) is 0.558. The van der Waals surface area contributed by atoms with E-state index in [1.807, 2.05) is 36.6 Å². The third-order valence-electron chi connectivity index (χ3n) is 5.75. The second kappa shape index (κ2) is 10.9. The van der Waals surface area contributed by atoms with Crippen LogP contribution in [0.5, 0.6) is 0 Å². The molecule has 3 aromatic rings. The Bertz CT molecular complexity index is 1100. The number of nitrogens with one attached hydrogen (secondary N) is 1. The number of hydrogen-bond donors (Lipinski definition) is 1. The number of carbonyl (C=O) groups excluding carboxylic acids is 1. The molecule has 0 bridgehead atoms. The van der Waals surface area contributed by atoms with Crippen molar-refractivity contribution in [3.05, 3.63) is 65.2 Å². The minimum atomic E-state index is -0.302. The van der Waals surface area contributed by atoms with Gasteiger partial charge in [0, 0.05) is 37.4 Å². The van der Waals surface area contributed by atoms with E-state index in [1.54, 1.807) is 12.1 Å². The van der Waals surface area contributed by atoms with Crippen molar-refractivity contribution in [2.24, 2.45) is 0 Å². The number of halogens is 1. The van der Waals surface area contributed by atoms with Gasteiger partial charge in [-0.25, -0.2) is 4.39 Å². The summed E-state index contributed by atoms with van der Waals surface area (Å²) in [6.45, 7) is 8.10. The number of benzene rings is 2. The van der Waals surface area contributed by atoms with Gasteiger partial charge in [0.2, 0.25) is 5.91 Å². The number of amides is 1. The summed E-state index contributed by atoms with van der Waals surface area (Å²) in [6.07, 6.45) is 0.694. The summed E-state index contributed by atoms with van der Waals surface area (Å²) in [5, 5.41) is 12.3. The molecule has 0 spiro atoms. The Balaban J connectivity index is 1.48. The van der Waals surface area contributed by atoms with E-state index < -0.39 is 0 Å². The highest BCUT2D eigenvalue weighted by molar-refractivity contribution is 7.99. The van der Waals surface area contributed by atoms with E-state index in [1.165, 1.54) is 23.9 Å². The van der Waals surface area contributed by atoms with E-state index in [0.717, 1.165) is 61.2 Å². The van der Waals surface area contributed by atoms with Gasteiger partial charge in [-0.1, -0.05) is 23.9 Å². The zero-order chi connectivity index (χ0) is 23.2. The van der Waals surface area contributed by atoms with Crippen LogP contribution in [0.2, 0.25) is 0 Å². The van der Waals surface area contributed by atoms with Crippen LogP contribution >= 0.6 is 11.8 Å². The van der Waals surface area contributed by atoms with Gasteiger partial charge in [0.25, 0.3) is 0 Å². The molecule has 9 heteroatoms. The van der Waals surface area contributed by atoms with Gasteiger partial charge >= 0.3 is 0 Å². The number of aryl methyl sites for hydroxylation is 1. The van der Waals surface area contributed by atoms with Gasteiger partial charge in [-0.3, -0.25) is 14.3 Å². The Morgan fingerprint density at radius 1 is 1.12 bits per heavy atom. The Morgan fingerprint density at radius 2 is 1.88 bits per heavy atom. The van der Waals surface area contributed by atoms with Crippen molar-refractivity contribution in [1.82, 2.24) is 19.7 Å². The van der Waals surface area contributed by atoms with Gasteiger partial charge in [0.1, 0.15) is 11.6 Å². The summed E-state index contributed by atoms with van der Waals surface area (Å²) >= 11 is 1.32. The van der Waals surface area contributed by atoms with E-state index in [2.05, 4.69) is 20.4 Å². The molecule has 2 heterocycles. The van der Waals surface area contributed by atoms with Gasteiger partial charge in [0.15, 0.2) is 5.16 Å². The lowest BCUT2D eigenvalue weighted by Gasteiger charge is -2.26. The minimum Gasteiger partial charge on any atom is -0.379 e. The monoisotopic (exact) mass is 469 g/mol. The maximum absolute atomic E-state index is 13.5. The molecule has 0 aliphatic carbocycles. The molecule has 2 aromatic carbocycles. The number of nitrogens with zero attached hydrogens (tertiary/aromatic N) is 4. The molecule has 0 radical (unpaired) electrons. The second-order valence-corrected chi connectivity index (χ2v) is 8.94. The number of carbonyl (C=O) groups is 1. The molecule has 174 valence electrons. The SMILES string of the molecule is Cc1cccc(NC(=O)CSc2nnc(CCN3CCOCC3)n2-c2ccc(F)cc2)c1C. The number of hydrogen-bond acceptors (Lipinski definition) is 6. The lowest BCUT2D eigenvalue weighted by molar-refractivity contribution is -0.113. The van der Waals surface area contributed by atoms with Crippen LogP contribution in [-0.4, -0.2) is 64.2 Å². The molecule has 0 unspecified atom stereocenters. The fourth-order valence-corrected chi connectivity index (χ4v) is 4.46. The molecule has 4 rings (SSSR count). The van der Waals surface area contributed by atoms with E-state index >= 15 is 0 Å². The molecule has 0 saturated carbocycles. The van der Waals surface area contributed by atoms with Crippen molar-refractivity contribution < 1.29 is 13.9 Å². The van der Waals surface area contributed by atoms with Crippen LogP contribution < -0.4 is 5.32 Å². The smallest absolute Gasteiger partial charge is 0.234 e. The number of ether oxygens (including phenoxy) is 1.